The van der Waals surface area contributed by atoms with Crippen LogP contribution in [-0.4, -0.2) is 18.0 Å². The van der Waals surface area contributed by atoms with Crippen molar-refractivity contribution >= 4 is 13.3 Å². The zero-order valence-corrected chi connectivity index (χ0v) is 32.0. The van der Waals surface area contributed by atoms with E-state index in [9.17, 15) is 4.39 Å². The van der Waals surface area contributed by atoms with Crippen LogP contribution in [-0.2, 0) is 32.9 Å². The van der Waals surface area contributed by atoms with Crippen molar-refractivity contribution in [1.82, 2.24) is 9.97 Å². The first-order chi connectivity index (χ1) is 25.6. The number of rotatable bonds is 7. The van der Waals surface area contributed by atoms with E-state index < -0.39 is 38.9 Å². The molecule has 49 heavy (non-hydrogen) atoms. The molecular formula is C44H45FIrN2Si-2. The Morgan fingerprint density at radius 2 is 1.49 bits per heavy atom. The fraction of sp³-hybridized carbons (Fsp3) is 0.227. The molecule has 0 atom stereocenters. The molecule has 0 saturated heterocycles. The van der Waals surface area contributed by atoms with Gasteiger partial charge in [-0.2, -0.15) is 0 Å². The fourth-order valence-corrected chi connectivity index (χ4v) is 6.51. The molecule has 5 heteroatoms. The minimum absolute atomic E-state index is 0. The van der Waals surface area contributed by atoms with Gasteiger partial charge in [0.2, 0.25) is 0 Å². The summed E-state index contributed by atoms with van der Waals surface area (Å²) in [4.78, 5) is 8.80. The SMILES string of the molecule is [2H]C([2H])([2H])c1c[c-]c(-c2cc(C([2H])([2H])c3ccccc3)c([Si](C)(C)C)cn2)c(F)c1.[2H]C([2H])(c1ccnc(-c2[c-]cc(-c3ccccc3)cc2)c1)C(C)(C)C.[Ir]. The van der Waals surface area contributed by atoms with Gasteiger partial charge in [0.1, 0.15) is 0 Å². The monoisotopic (exact) mass is 848 g/mol. The zero-order valence-electron chi connectivity index (χ0n) is 35.7. The predicted molar refractivity (Wildman–Crippen MR) is 203 cm³/mol. The van der Waals surface area contributed by atoms with Crippen molar-refractivity contribution in [2.24, 2.45) is 5.41 Å². The van der Waals surface area contributed by atoms with Crippen LogP contribution in [0.15, 0.2) is 122 Å². The van der Waals surface area contributed by atoms with Crippen LogP contribution in [0.1, 0.15) is 52.6 Å². The number of pyridine rings is 2. The molecule has 6 rings (SSSR count). The Balaban J connectivity index is 0.000000248. The van der Waals surface area contributed by atoms with E-state index in [0.717, 1.165) is 33.6 Å². The van der Waals surface area contributed by atoms with E-state index in [2.05, 4.69) is 53.9 Å². The molecule has 253 valence electrons. The number of aryl methyl sites for hydroxylation is 1. The average Bonchev–Trinajstić information content (AvgIpc) is 3.14. The van der Waals surface area contributed by atoms with Gasteiger partial charge in [-0.3, -0.25) is 4.39 Å². The maximum Gasteiger partial charge on any atom is 0.0799 e. The maximum absolute atomic E-state index is 14.7. The fourth-order valence-electron chi connectivity index (χ4n) is 5.12. The first-order valence-electron chi connectivity index (χ1n) is 19.4. The number of benzene rings is 4. The van der Waals surface area contributed by atoms with Crippen molar-refractivity contribution in [3.8, 4) is 33.6 Å². The van der Waals surface area contributed by atoms with Gasteiger partial charge in [0.25, 0.3) is 0 Å². The predicted octanol–water partition coefficient (Wildman–Crippen LogP) is 10.9. The van der Waals surface area contributed by atoms with E-state index in [-0.39, 0.29) is 36.9 Å². The van der Waals surface area contributed by atoms with Gasteiger partial charge in [-0.25, -0.2) is 0 Å². The summed E-state index contributed by atoms with van der Waals surface area (Å²) in [5.74, 6) is -0.747. The molecule has 2 nitrogen and oxygen atoms in total. The second kappa shape index (κ2) is 16.6. The van der Waals surface area contributed by atoms with Crippen LogP contribution >= 0.6 is 0 Å². The molecule has 0 aliphatic rings. The zero-order chi connectivity index (χ0) is 40.4. The molecular weight excluding hydrogens is 796 g/mol. The second-order valence-electron chi connectivity index (χ2n) is 13.6. The Hall–Kier alpha value is -4.02. The van der Waals surface area contributed by atoms with Gasteiger partial charge in [-0.15, -0.1) is 53.6 Å². The van der Waals surface area contributed by atoms with Crippen molar-refractivity contribution < 1.29 is 34.1 Å². The molecule has 0 N–H and O–H groups in total. The van der Waals surface area contributed by atoms with E-state index in [0.29, 0.717) is 16.7 Å². The molecule has 0 fully saturated rings. The Bertz CT molecular complexity index is 2240. The number of nitrogens with zero attached hydrogens (tertiary/aromatic N) is 2. The van der Waals surface area contributed by atoms with Crippen molar-refractivity contribution in [2.75, 3.05) is 0 Å². The normalized spacial score (nSPS) is 14.2. The molecule has 0 aliphatic carbocycles. The van der Waals surface area contributed by atoms with Crippen molar-refractivity contribution in [3.63, 3.8) is 0 Å². The van der Waals surface area contributed by atoms with Gasteiger partial charge in [-0.05, 0) is 46.4 Å². The summed E-state index contributed by atoms with van der Waals surface area (Å²) < 4.78 is 71.6. The van der Waals surface area contributed by atoms with Crippen LogP contribution in [0.5, 0.6) is 0 Å². The van der Waals surface area contributed by atoms with Crippen LogP contribution < -0.4 is 5.19 Å². The molecule has 0 bridgehead atoms. The molecule has 4 aromatic carbocycles. The number of aromatic nitrogens is 2. The van der Waals surface area contributed by atoms with E-state index in [1.54, 1.807) is 48.8 Å². The number of hydrogen-bond donors (Lipinski definition) is 0. The van der Waals surface area contributed by atoms with E-state index >= 15 is 0 Å². The molecule has 6 aromatic rings. The third kappa shape index (κ3) is 10.7. The van der Waals surface area contributed by atoms with Gasteiger partial charge in [-0.1, -0.05) is 148 Å². The summed E-state index contributed by atoms with van der Waals surface area (Å²) in [5.41, 5.74) is 5.07. The standard InChI is InChI=1S/C22H23FNSi.C22H22N.Ir/c1-16-10-11-19(20(23)12-16)21-14-18(13-17-8-6-5-7-9-17)22(15-24-21)25(2,3)4;1-22(2,3)16-17-13-14-23-21(15-17)20-11-9-19(10-12-20)18-7-5-4-6-8-18;/h5-10,12,14-15H,13H2,1-4H3;4-11,13-15H,16H2,1-3H3;/q2*-1;/i1D3,13D2;16D2;. The third-order valence-corrected chi connectivity index (χ3v) is 9.40. The van der Waals surface area contributed by atoms with Gasteiger partial charge in [0.05, 0.1) is 8.07 Å². The Morgan fingerprint density at radius 1 is 0.776 bits per heavy atom. The van der Waals surface area contributed by atoms with Gasteiger partial charge in [0, 0.05) is 47.9 Å². The van der Waals surface area contributed by atoms with Crippen LogP contribution in [0.25, 0.3) is 33.6 Å². The maximum atomic E-state index is 14.7. The summed E-state index contributed by atoms with van der Waals surface area (Å²) in [6.45, 7) is 9.61. The smallest absolute Gasteiger partial charge is 0.0799 e. The Kier molecular flexibility index (Phi) is 9.74. The van der Waals surface area contributed by atoms with E-state index in [1.165, 1.54) is 6.07 Å². The van der Waals surface area contributed by atoms with Gasteiger partial charge >= 0.3 is 0 Å². The van der Waals surface area contributed by atoms with Crippen LogP contribution in [0, 0.1) is 30.2 Å². The average molecular weight is 848 g/mol. The second-order valence-corrected chi connectivity index (χ2v) is 18.7. The summed E-state index contributed by atoms with van der Waals surface area (Å²) in [5, 5.41) is 0.847. The first kappa shape index (κ1) is 28.8. The molecule has 2 heterocycles. The Labute approximate surface area is 317 Å². The van der Waals surface area contributed by atoms with Crippen LogP contribution in [0.4, 0.5) is 4.39 Å². The van der Waals surface area contributed by atoms with Crippen molar-refractivity contribution in [1.29, 1.82) is 0 Å². The molecule has 0 amide bonds. The summed E-state index contributed by atoms with van der Waals surface area (Å²) in [6.07, 6.45) is 0.0636. The van der Waals surface area contributed by atoms with E-state index in [1.807, 2.05) is 69.3 Å². The molecule has 2 aromatic heterocycles. The van der Waals surface area contributed by atoms with Gasteiger partial charge in [0.15, 0.2) is 0 Å². The quantitative estimate of drug-likeness (QED) is 0.118. The summed E-state index contributed by atoms with van der Waals surface area (Å²) >= 11 is 0. The number of halogens is 1. The van der Waals surface area contributed by atoms with Crippen molar-refractivity contribution in [3.05, 3.63) is 162 Å². The number of hydrogen-bond acceptors (Lipinski definition) is 2. The minimum atomic E-state index is -2.43. The first-order valence-corrected chi connectivity index (χ1v) is 19.4. The summed E-state index contributed by atoms with van der Waals surface area (Å²) in [7, 11) is -1.97. The topological polar surface area (TPSA) is 25.8 Å². The van der Waals surface area contributed by atoms with Crippen LogP contribution in [0.2, 0.25) is 19.6 Å². The Morgan fingerprint density at radius 3 is 2.10 bits per heavy atom. The minimum Gasteiger partial charge on any atom is -0.305 e. The van der Waals surface area contributed by atoms with Crippen molar-refractivity contribution in [2.45, 2.75) is 60.0 Å². The van der Waals surface area contributed by atoms with Crippen LogP contribution in [0.3, 0.4) is 0 Å². The van der Waals surface area contributed by atoms with Gasteiger partial charge < -0.3 is 9.97 Å². The van der Waals surface area contributed by atoms with E-state index in [4.69, 9.17) is 9.60 Å². The molecule has 0 unspecified atom stereocenters. The molecule has 0 saturated carbocycles. The molecule has 0 aliphatic heterocycles. The molecule has 1 radical (unpaired) electrons. The largest absolute Gasteiger partial charge is 0.305 e. The molecule has 0 spiro atoms. The summed E-state index contributed by atoms with van der Waals surface area (Å²) in [6, 6.07) is 38.4. The third-order valence-electron chi connectivity index (χ3n) is 7.39.